The van der Waals surface area contributed by atoms with Gasteiger partial charge in [-0.15, -0.1) is 0 Å². The molecule has 2 aromatic heterocycles. The van der Waals surface area contributed by atoms with Crippen LogP contribution >= 0.6 is 0 Å². The summed E-state index contributed by atoms with van der Waals surface area (Å²) in [5.41, 5.74) is -0.834. The molecule has 0 fully saturated rings. The number of halogens is 4. The zero-order chi connectivity index (χ0) is 22.6. The third-order valence-electron chi connectivity index (χ3n) is 5.11. The fourth-order valence-electron chi connectivity index (χ4n) is 3.29. The van der Waals surface area contributed by atoms with Crippen molar-refractivity contribution in [3.63, 3.8) is 0 Å². The Morgan fingerprint density at radius 3 is 2.61 bits per heavy atom. The molecule has 3 heterocycles. The highest BCUT2D eigenvalue weighted by atomic mass is 19.4. The normalized spacial score (nSPS) is 15.0. The van der Waals surface area contributed by atoms with Crippen LogP contribution in [0.5, 0.6) is 5.88 Å². The lowest BCUT2D eigenvalue weighted by Gasteiger charge is -2.13. The molecule has 0 saturated carbocycles. The van der Waals surface area contributed by atoms with Crippen molar-refractivity contribution in [3.05, 3.63) is 53.0 Å². The number of nitrogens with zero attached hydrogens (tertiary/aromatic N) is 4. The second kappa shape index (κ2) is 7.03. The molecule has 1 aliphatic rings. The molecule has 3 aromatic rings. The number of benzene rings is 1. The molecule has 0 bridgehead atoms. The van der Waals surface area contributed by atoms with Crippen molar-refractivity contribution in [3.8, 4) is 17.4 Å². The summed E-state index contributed by atoms with van der Waals surface area (Å²) in [4.78, 5) is 20.7. The predicted molar refractivity (Wildman–Crippen MR) is 102 cm³/mol. The summed E-state index contributed by atoms with van der Waals surface area (Å²) in [5, 5.41) is 7.04. The molecule has 0 atom stereocenters. The number of anilines is 1. The van der Waals surface area contributed by atoms with E-state index in [1.165, 1.54) is 17.9 Å². The highest BCUT2D eigenvalue weighted by Crippen LogP contribution is 2.36. The maximum Gasteiger partial charge on any atom is 0.419 e. The number of methoxy groups -OCH3 is 1. The van der Waals surface area contributed by atoms with Crippen molar-refractivity contribution in [2.75, 3.05) is 12.4 Å². The van der Waals surface area contributed by atoms with Crippen LogP contribution in [0.3, 0.4) is 0 Å². The zero-order valence-electron chi connectivity index (χ0n) is 16.7. The van der Waals surface area contributed by atoms with Crippen molar-refractivity contribution < 1.29 is 27.1 Å². The SMILES string of the molecule is COc1cc(-c2ncc3c(n2)NC(=O)C3(C)C)nn1Cc1ccc(C(F)(F)F)c(F)c1. The summed E-state index contributed by atoms with van der Waals surface area (Å²) in [5.74, 6) is -0.660. The smallest absolute Gasteiger partial charge is 0.419 e. The van der Waals surface area contributed by atoms with E-state index in [0.717, 1.165) is 6.07 Å². The Labute approximate surface area is 174 Å². The Morgan fingerprint density at radius 2 is 1.97 bits per heavy atom. The average Bonchev–Trinajstić information content (AvgIpc) is 3.18. The molecule has 162 valence electrons. The van der Waals surface area contributed by atoms with Crippen LogP contribution in [0.4, 0.5) is 23.4 Å². The Hall–Kier alpha value is -3.50. The van der Waals surface area contributed by atoms with Gasteiger partial charge in [0.05, 0.1) is 24.6 Å². The van der Waals surface area contributed by atoms with Gasteiger partial charge in [-0.3, -0.25) is 4.79 Å². The molecular formula is C20H17F4N5O2. The number of aromatic nitrogens is 4. The number of carbonyl (C=O) groups excluding carboxylic acids is 1. The number of fused-ring (bicyclic) bond motifs is 1. The van der Waals surface area contributed by atoms with Crippen LogP contribution in [0.25, 0.3) is 11.5 Å². The summed E-state index contributed by atoms with van der Waals surface area (Å²) >= 11 is 0. The first-order valence-corrected chi connectivity index (χ1v) is 9.17. The van der Waals surface area contributed by atoms with Gasteiger partial charge in [0.25, 0.3) is 0 Å². The predicted octanol–water partition coefficient (Wildman–Crippen LogP) is 3.78. The van der Waals surface area contributed by atoms with E-state index in [-0.39, 0.29) is 29.7 Å². The van der Waals surface area contributed by atoms with E-state index in [9.17, 15) is 22.4 Å². The zero-order valence-corrected chi connectivity index (χ0v) is 16.7. The fourth-order valence-corrected chi connectivity index (χ4v) is 3.29. The van der Waals surface area contributed by atoms with Gasteiger partial charge in [0, 0.05) is 17.8 Å². The van der Waals surface area contributed by atoms with E-state index < -0.39 is 23.0 Å². The minimum Gasteiger partial charge on any atom is -0.481 e. The minimum absolute atomic E-state index is 0.0348. The number of amides is 1. The number of nitrogens with one attached hydrogen (secondary N) is 1. The average molecular weight is 435 g/mol. The molecule has 1 aliphatic heterocycles. The van der Waals surface area contributed by atoms with Gasteiger partial charge in [0.2, 0.25) is 11.8 Å². The molecule has 0 aliphatic carbocycles. The van der Waals surface area contributed by atoms with Gasteiger partial charge in [0.1, 0.15) is 17.3 Å². The van der Waals surface area contributed by atoms with Gasteiger partial charge in [-0.25, -0.2) is 19.0 Å². The van der Waals surface area contributed by atoms with Gasteiger partial charge in [-0.1, -0.05) is 6.07 Å². The lowest BCUT2D eigenvalue weighted by molar-refractivity contribution is -0.140. The molecule has 1 aromatic carbocycles. The quantitative estimate of drug-likeness (QED) is 0.631. The number of hydrogen-bond acceptors (Lipinski definition) is 5. The van der Waals surface area contributed by atoms with Gasteiger partial charge in [0.15, 0.2) is 5.82 Å². The lowest BCUT2D eigenvalue weighted by atomic mass is 9.88. The molecule has 0 unspecified atom stereocenters. The first-order chi connectivity index (χ1) is 14.5. The van der Waals surface area contributed by atoms with E-state index in [1.807, 2.05) is 0 Å². The molecule has 11 heteroatoms. The van der Waals surface area contributed by atoms with E-state index in [2.05, 4.69) is 20.4 Å². The monoisotopic (exact) mass is 435 g/mol. The van der Waals surface area contributed by atoms with Crippen LogP contribution in [-0.2, 0) is 22.9 Å². The summed E-state index contributed by atoms with van der Waals surface area (Å²) in [6.07, 6.45) is -3.22. The molecule has 0 radical (unpaired) electrons. The van der Waals surface area contributed by atoms with Crippen LogP contribution in [-0.4, -0.2) is 32.8 Å². The summed E-state index contributed by atoms with van der Waals surface area (Å²) in [6.45, 7) is 3.49. The van der Waals surface area contributed by atoms with Crippen molar-refractivity contribution in [2.45, 2.75) is 32.0 Å². The van der Waals surface area contributed by atoms with Crippen molar-refractivity contribution in [1.29, 1.82) is 0 Å². The summed E-state index contributed by atoms with van der Waals surface area (Å²) in [7, 11) is 1.40. The Kier molecular flexibility index (Phi) is 4.71. The van der Waals surface area contributed by atoms with Crippen LogP contribution in [0, 0.1) is 5.82 Å². The number of rotatable bonds is 4. The van der Waals surface area contributed by atoms with Gasteiger partial charge in [-0.2, -0.15) is 18.3 Å². The molecular weight excluding hydrogens is 418 g/mol. The Bertz CT molecular complexity index is 1190. The second-order valence-corrected chi connectivity index (χ2v) is 7.58. The van der Waals surface area contributed by atoms with Gasteiger partial charge >= 0.3 is 6.18 Å². The Balaban J connectivity index is 1.65. The van der Waals surface area contributed by atoms with E-state index in [0.29, 0.717) is 23.1 Å². The fraction of sp³-hybridized carbons (Fsp3) is 0.300. The molecule has 1 N–H and O–H groups in total. The van der Waals surface area contributed by atoms with E-state index >= 15 is 0 Å². The number of hydrogen-bond donors (Lipinski definition) is 1. The minimum atomic E-state index is -4.77. The molecule has 7 nitrogen and oxygen atoms in total. The third kappa shape index (κ3) is 3.60. The summed E-state index contributed by atoms with van der Waals surface area (Å²) in [6, 6.07) is 4.23. The van der Waals surface area contributed by atoms with Crippen LogP contribution < -0.4 is 10.1 Å². The highest BCUT2D eigenvalue weighted by molar-refractivity contribution is 6.04. The number of carbonyl (C=O) groups is 1. The Morgan fingerprint density at radius 1 is 1.23 bits per heavy atom. The van der Waals surface area contributed by atoms with Gasteiger partial charge in [-0.05, 0) is 31.5 Å². The maximum atomic E-state index is 13.9. The third-order valence-corrected chi connectivity index (χ3v) is 5.11. The number of alkyl halides is 3. The first-order valence-electron chi connectivity index (χ1n) is 9.17. The summed E-state index contributed by atoms with van der Waals surface area (Å²) < 4.78 is 58.8. The standard InChI is InChI=1S/C20H17F4N5O2/c1-19(2)12-8-25-17(26-16(12)27-18(19)30)14-7-15(31-3)29(28-14)9-10-4-5-11(13(21)6-10)20(22,23)24/h4-8H,9H2,1-3H3,(H,25,26,27,30). The molecule has 31 heavy (non-hydrogen) atoms. The largest absolute Gasteiger partial charge is 0.481 e. The van der Waals surface area contributed by atoms with E-state index in [1.54, 1.807) is 26.1 Å². The molecule has 0 spiro atoms. The van der Waals surface area contributed by atoms with Crippen molar-refractivity contribution in [1.82, 2.24) is 19.7 Å². The lowest BCUT2D eigenvalue weighted by Crippen LogP contribution is -2.26. The molecule has 1 amide bonds. The second-order valence-electron chi connectivity index (χ2n) is 7.58. The van der Waals surface area contributed by atoms with Crippen molar-refractivity contribution in [2.24, 2.45) is 0 Å². The number of ether oxygens (including phenoxy) is 1. The topological polar surface area (TPSA) is 81.9 Å². The highest BCUT2D eigenvalue weighted by Gasteiger charge is 2.40. The molecule has 4 rings (SSSR count). The van der Waals surface area contributed by atoms with Gasteiger partial charge < -0.3 is 10.1 Å². The van der Waals surface area contributed by atoms with Crippen LogP contribution in [0.2, 0.25) is 0 Å². The first kappa shape index (κ1) is 20.8. The maximum absolute atomic E-state index is 13.9. The molecule has 0 saturated heterocycles. The van der Waals surface area contributed by atoms with Crippen LogP contribution in [0.15, 0.2) is 30.5 Å². The van der Waals surface area contributed by atoms with E-state index in [4.69, 9.17) is 4.74 Å². The van der Waals surface area contributed by atoms with Crippen molar-refractivity contribution >= 4 is 11.7 Å². The van der Waals surface area contributed by atoms with Crippen LogP contribution in [0.1, 0.15) is 30.5 Å².